The van der Waals surface area contributed by atoms with E-state index in [-0.39, 0.29) is 0 Å². The molecule has 1 saturated heterocycles. The first kappa shape index (κ1) is 14.8. The first-order valence-corrected chi connectivity index (χ1v) is 8.13. The molecule has 0 aromatic heterocycles. The van der Waals surface area contributed by atoms with Crippen molar-refractivity contribution in [3.63, 3.8) is 0 Å². The van der Waals surface area contributed by atoms with Gasteiger partial charge in [-0.25, -0.2) is 0 Å². The molecule has 1 aromatic rings. The van der Waals surface area contributed by atoms with Crippen molar-refractivity contribution in [2.45, 2.75) is 13.0 Å². The first-order valence-electron chi connectivity index (χ1n) is 7.72. The number of hydrogen-bond donors (Lipinski definition) is 1. The maximum atomic E-state index is 5.54. The summed E-state index contributed by atoms with van der Waals surface area (Å²) in [6, 6.07) is 8.66. The van der Waals surface area contributed by atoms with Crippen LogP contribution in [0.2, 0.25) is 0 Å². The second kappa shape index (κ2) is 7.20. The van der Waals surface area contributed by atoms with Crippen molar-refractivity contribution >= 4 is 17.3 Å². The number of nitrogens with one attached hydrogen (secondary N) is 1. The molecule has 21 heavy (non-hydrogen) atoms. The predicted octanol–water partition coefficient (Wildman–Crippen LogP) is 1.25. The highest BCUT2D eigenvalue weighted by molar-refractivity contribution is 7.80. The average molecular weight is 305 g/mol. The zero-order valence-electron chi connectivity index (χ0n) is 12.4. The molecule has 0 bridgehead atoms. The predicted molar refractivity (Wildman–Crippen MR) is 88.4 cm³/mol. The Morgan fingerprint density at radius 2 is 1.90 bits per heavy atom. The van der Waals surface area contributed by atoms with Crippen LogP contribution in [-0.4, -0.2) is 60.8 Å². The van der Waals surface area contributed by atoms with Gasteiger partial charge >= 0.3 is 0 Å². The minimum Gasteiger partial charge on any atom is -0.379 e. The smallest absolute Gasteiger partial charge is 0.169 e. The summed E-state index contributed by atoms with van der Waals surface area (Å²) in [5.41, 5.74) is 2.87. The minimum atomic E-state index is 0.855. The molecular weight excluding hydrogens is 282 g/mol. The number of rotatable bonds is 3. The Hall–Kier alpha value is -1.17. The van der Waals surface area contributed by atoms with Gasteiger partial charge in [-0.05, 0) is 29.8 Å². The monoisotopic (exact) mass is 305 g/mol. The van der Waals surface area contributed by atoms with Crippen molar-refractivity contribution < 1.29 is 4.74 Å². The van der Waals surface area contributed by atoms with Crippen LogP contribution in [0.25, 0.3) is 0 Å². The number of hydrogen-bond acceptors (Lipinski definition) is 3. The van der Waals surface area contributed by atoms with Gasteiger partial charge in [-0.3, -0.25) is 4.90 Å². The Balaban J connectivity index is 1.44. The number of fused-ring (bicyclic) bond motifs is 1. The normalized spacial score (nSPS) is 19.1. The molecule has 1 N–H and O–H groups in total. The molecule has 1 fully saturated rings. The van der Waals surface area contributed by atoms with Crippen molar-refractivity contribution in [3.05, 3.63) is 35.4 Å². The Morgan fingerprint density at radius 3 is 2.71 bits per heavy atom. The van der Waals surface area contributed by atoms with Gasteiger partial charge in [0.1, 0.15) is 0 Å². The van der Waals surface area contributed by atoms with Crippen LogP contribution in [0.15, 0.2) is 24.3 Å². The van der Waals surface area contributed by atoms with Gasteiger partial charge in [-0.2, -0.15) is 0 Å². The van der Waals surface area contributed by atoms with Crippen LogP contribution >= 0.6 is 12.2 Å². The van der Waals surface area contributed by atoms with Gasteiger partial charge in [0, 0.05) is 39.3 Å². The highest BCUT2D eigenvalue weighted by Gasteiger charge is 2.18. The van der Waals surface area contributed by atoms with Gasteiger partial charge < -0.3 is 15.0 Å². The lowest BCUT2D eigenvalue weighted by Crippen LogP contribution is -2.46. The van der Waals surface area contributed by atoms with Crippen LogP contribution in [0.5, 0.6) is 0 Å². The highest BCUT2D eigenvalue weighted by atomic mass is 32.1. The van der Waals surface area contributed by atoms with Gasteiger partial charge in [0.05, 0.1) is 13.2 Å². The molecule has 3 rings (SSSR count). The molecule has 5 heteroatoms. The van der Waals surface area contributed by atoms with Crippen molar-refractivity contribution in [2.24, 2.45) is 0 Å². The molecule has 0 aliphatic carbocycles. The lowest BCUT2D eigenvalue weighted by atomic mass is 10.0. The molecule has 0 saturated carbocycles. The Bertz CT molecular complexity index is 488. The van der Waals surface area contributed by atoms with E-state index >= 15 is 0 Å². The van der Waals surface area contributed by atoms with Gasteiger partial charge in [-0.15, -0.1) is 0 Å². The van der Waals surface area contributed by atoms with Gasteiger partial charge in [0.25, 0.3) is 0 Å². The quantitative estimate of drug-likeness (QED) is 0.849. The fraction of sp³-hybridized carbons (Fsp3) is 0.562. The number of ether oxygens (including phenoxy) is 1. The van der Waals surface area contributed by atoms with Crippen molar-refractivity contribution in [3.8, 4) is 0 Å². The third kappa shape index (κ3) is 3.93. The van der Waals surface area contributed by atoms with E-state index < -0.39 is 0 Å². The van der Waals surface area contributed by atoms with Gasteiger partial charge in [0.2, 0.25) is 0 Å². The Labute approximate surface area is 132 Å². The van der Waals surface area contributed by atoms with E-state index in [1.165, 1.54) is 11.1 Å². The second-order valence-electron chi connectivity index (χ2n) is 5.63. The van der Waals surface area contributed by atoms with Crippen LogP contribution in [0.1, 0.15) is 11.1 Å². The number of benzene rings is 1. The average Bonchev–Trinajstić information content (AvgIpc) is 2.55. The van der Waals surface area contributed by atoms with Crippen molar-refractivity contribution in [2.75, 3.05) is 45.9 Å². The fourth-order valence-electron chi connectivity index (χ4n) is 2.93. The third-order valence-electron chi connectivity index (χ3n) is 4.23. The Kier molecular flexibility index (Phi) is 5.06. The topological polar surface area (TPSA) is 27.7 Å². The fourth-order valence-corrected chi connectivity index (χ4v) is 3.18. The molecule has 0 atom stereocenters. The number of nitrogens with zero attached hydrogens (tertiary/aromatic N) is 2. The summed E-state index contributed by atoms with van der Waals surface area (Å²) < 4.78 is 5.36. The van der Waals surface area contributed by atoms with Crippen molar-refractivity contribution in [1.29, 1.82) is 0 Å². The maximum Gasteiger partial charge on any atom is 0.169 e. The maximum absolute atomic E-state index is 5.54. The van der Waals surface area contributed by atoms with Gasteiger partial charge in [-0.1, -0.05) is 24.3 Å². The Morgan fingerprint density at radius 1 is 1.14 bits per heavy atom. The summed E-state index contributed by atoms with van der Waals surface area (Å²) in [6.45, 7) is 7.67. The summed E-state index contributed by atoms with van der Waals surface area (Å²) in [5, 5.41) is 4.29. The van der Waals surface area contributed by atoms with E-state index in [1.807, 2.05) is 0 Å². The number of thiocarbonyl (C=S) groups is 1. The lowest BCUT2D eigenvalue weighted by Gasteiger charge is -2.32. The van der Waals surface area contributed by atoms with Gasteiger partial charge in [0.15, 0.2) is 5.11 Å². The van der Waals surface area contributed by atoms with E-state index in [2.05, 4.69) is 39.4 Å². The SMILES string of the molecule is S=C(NCCN1CCOCC1)N1CCc2ccccc2C1. The van der Waals surface area contributed by atoms with Crippen LogP contribution in [-0.2, 0) is 17.7 Å². The van der Waals surface area contributed by atoms with E-state index in [9.17, 15) is 0 Å². The molecule has 1 aromatic carbocycles. The third-order valence-corrected chi connectivity index (χ3v) is 4.63. The molecule has 4 nitrogen and oxygen atoms in total. The van der Waals surface area contributed by atoms with Crippen molar-refractivity contribution in [1.82, 2.24) is 15.1 Å². The molecule has 0 spiro atoms. The molecule has 114 valence electrons. The summed E-state index contributed by atoms with van der Waals surface area (Å²) in [5.74, 6) is 0. The standard InChI is InChI=1S/C16H23N3OS/c21-16(17-6-8-18-9-11-20-12-10-18)19-7-5-14-3-1-2-4-15(14)13-19/h1-4H,5-13H2,(H,17,21). The second-order valence-corrected chi connectivity index (χ2v) is 6.01. The summed E-state index contributed by atoms with van der Waals surface area (Å²) in [6.07, 6.45) is 1.08. The van der Waals surface area contributed by atoms with E-state index in [1.54, 1.807) is 0 Å². The highest BCUT2D eigenvalue weighted by Crippen LogP contribution is 2.18. The molecular formula is C16H23N3OS. The zero-order valence-corrected chi connectivity index (χ0v) is 13.2. The van der Waals surface area contributed by atoms with Crippen LogP contribution in [0.3, 0.4) is 0 Å². The summed E-state index contributed by atoms with van der Waals surface area (Å²) in [7, 11) is 0. The van der Waals surface area contributed by atoms with E-state index in [0.717, 1.165) is 64.0 Å². The molecule has 0 unspecified atom stereocenters. The van der Waals surface area contributed by atoms with Crippen LogP contribution in [0, 0.1) is 0 Å². The number of morpholine rings is 1. The minimum absolute atomic E-state index is 0.855. The van der Waals surface area contributed by atoms with Crippen LogP contribution in [0.4, 0.5) is 0 Å². The summed E-state index contributed by atoms with van der Waals surface area (Å²) >= 11 is 5.54. The van der Waals surface area contributed by atoms with Crippen LogP contribution < -0.4 is 5.32 Å². The first-order chi connectivity index (χ1) is 10.3. The lowest BCUT2D eigenvalue weighted by molar-refractivity contribution is 0.0388. The zero-order chi connectivity index (χ0) is 14.5. The molecule has 2 aliphatic heterocycles. The largest absolute Gasteiger partial charge is 0.379 e. The summed E-state index contributed by atoms with van der Waals surface area (Å²) in [4.78, 5) is 4.70. The van der Waals surface area contributed by atoms with E-state index in [0.29, 0.717) is 0 Å². The molecule has 0 amide bonds. The molecule has 2 aliphatic rings. The molecule has 0 radical (unpaired) electrons. The van der Waals surface area contributed by atoms with E-state index in [4.69, 9.17) is 17.0 Å². The molecule has 2 heterocycles.